The summed E-state index contributed by atoms with van der Waals surface area (Å²) >= 11 is 2.87. The molecule has 2 aromatic heterocycles. The Morgan fingerprint density at radius 2 is 2.43 bits per heavy atom. The van der Waals surface area contributed by atoms with Crippen molar-refractivity contribution in [1.29, 1.82) is 0 Å². The van der Waals surface area contributed by atoms with Crippen molar-refractivity contribution in [3.63, 3.8) is 0 Å². The zero-order chi connectivity index (χ0) is 14.8. The summed E-state index contributed by atoms with van der Waals surface area (Å²) in [5.41, 5.74) is 0.766. The molecule has 3 heterocycles. The van der Waals surface area contributed by atoms with Crippen molar-refractivity contribution in [3.05, 3.63) is 16.8 Å². The second kappa shape index (κ2) is 6.29. The third-order valence-electron chi connectivity index (χ3n) is 3.59. The van der Waals surface area contributed by atoms with Gasteiger partial charge in [0.2, 0.25) is 0 Å². The average molecular weight is 324 g/mol. The van der Waals surface area contributed by atoms with Crippen LogP contribution in [0, 0.1) is 6.92 Å². The zero-order valence-electron chi connectivity index (χ0n) is 11.7. The molecule has 0 spiro atoms. The molecule has 1 unspecified atom stereocenters. The summed E-state index contributed by atoms with van der Waals surface area (Å²) in [6, 6.07) is 0. The van der Waals surface area contributed by atoms with Crippen molar-refractivity contribution in [2.24, 2.45) is 0 Å². The maximum Gasteiger partial charge on any atom is 0.346 e. The Morgan fingerprint density at radius 3 is 3.14 bits per heavy atom. The van der Waals surface area contributed by atoms with Gasteiger partial charge in [-0.2, -0.15) is 0 Å². The SMILES string of the molecule is Cc1c(C(=O)O)sc2ncnc(SCCC3CCCO3)c12. The first-order valence-corrected chi connectivity index (χ1v) is 8.69. The summed E-state index contributed by atoms with van der Waals surface area (Å²) < 4.78 is 5.62. The third kappa shape index (κ3) is 3.04. The molecule has 0 saturated carbocycles. The number of thioether (sulfide) groups is 1. The predicted octanol–water partition coefficient (Wildman–Crippen LogP) is 3.36. The van der Waals surface area contributed by atoms with E-state index in [4.69, 9.17) is 4.74 Å². The van der Waals surface area contributed by atoms with Gasteiger partial charge in [0, 0.05) is 17.7 Å². The van der Waals surface area contributed by atoms with Crippen LogP contribution in [0.25, 0.3) is 10.2 Å². The highest BCUT2D eigenvalue weighted by atomic mass is 32.2. The molecule has 1 aliphatic heterocycles. The van der Waals surface area contributed by atoms with E-state index in [0.717, 1.165) is 52.4 Å². The first-order valence-electron chi connectivity index (χ1n) is 6.88. The van der Waals surface area contributed by atoms with Crippen molar-refractivity contribution in [1.82, 2.24) is 9.97 Å². The summed E-state index contributed by atoms with van der Waals surface area (Å²) in [6.45, 7) is 2.70. The Morgan fingerprint density at radius 1 is 1.57 bits per heavy atom. The third-order valence-corrected chi connectivity index (χ3v) is 5.80. The highest BCUT2D eigenvalue weighted by Gasteiger charge is 2.19. The molecule has 1 aliphatic rings. The number of aromatic carboxylic acids is 1. The van der Waals surface area contributed by atoms with Crippen LogP contribution in [0.5, 0.6) is 0 Å². The Labute approximate surface area is 130 Å². The quantitative estimate of drug-likeness (QED) is 0.671. The summed E-state index contributed by atoms with van der Waals surface area (Å²) in [6.07, 6.45) is 5.18. The number of aryl methyl sites for hydroxylation is 1. The standard InChI is InChI=1S/C14H16N2O3S2/c1-8-10-12(20-6-4-9-3-2-5-19-9)15-7-16-13(10)21-11(8)14(17)18/h7,9H,2-6H2,1H3,(H,17,18). The Balaban J connectivity index is 1.79. The van der Waals surface area contributed by atoms with Gasteiger partial charge < -0.3 is 9.84 Å². The second-order valence-electron chi connectivity index (χ2n) is 4.99. The number of carboxylic acid groups (broad SMARTS) is 1. The van der Waals surface area contributed by atoms with E-state index >= 15 is 0 Å². The number of hydrogen-bond acceptors (Lipinski definition) is 6. The van der Waals surface area contributed by atoms with Gasteiger partial charge in [-0.05, 0) is 31.7 Å². The molecule has 21 heavy (non-hydrogen) atoms. The number of thiophene rings is 1. The van der Waals surface area contributed by atoms with Gasteiger partial charge in [-0.15, -0.1) is 23.1 Å². The Hall–Kier alpha value is -1.18. The highest BCUT2D eigenvalue weighted by molar-refractivity contribution is 7.99. The molecule has 0 amide bonds. The van der Waals surface area contributed by atoms with Crippen LogP contribution in [0.1, 0.15) is 34.5 Å². The molecular weight excluding hydrogens is 308 g/mol. The summed E-state index contributed by atoms with van der Waals surface area (Å²) in [4.78, 5) is 20.9. The van der Waals surface area contributed by atoms with E-state index in [1.165, 1.54) is 17.7 Å². The first kappa shape index (κ1) is 14.7. The lowest BCUT2D eigenvalue weighted by Crippen LogP contribution is -2.05. The van der Waals surface area contributed by atoms with Gasteiger partial charge in [0.1, 0.15) is 21.1 Å². The van der Waals surface area contributed by atoms with Crippen LogP contribution < -0.4 is 0 Å². The van der Waals surface area contributed by atoms with Crippen molar-refractivity contribution >= 4 is 39.3 Å². The van der Waals surface area contributed by atoms with E-state index in [0.29, 0.717) is 11.0 Å². The van der Waals surface area contributed by atoms with E-state index in [1.807, 2.05) is 6.92 Å². The van der Waals surface area contributed by atoms with Crippen LogP contribution in [0.3, 0.4) is 0 Å². The molecule has 0 bridgehead atoms. The molecule has 1 fully saturated rings. The number of fused-ring (bicyclic) bond motifs is 1. The minimum absolute atomic E-state index is 0.353. The number of rotatable bonds is 5. The highest BCUT2D eigenvalue weighted by Crippen LogP contribution is 2.35. The lowest BCUT2D eigenvalue weighted by molar-refractivity contribution is 0.0701. The van der Waals surface area contributed by atoms with Crippen LogP contribution in [-0.2, 0) is 4.74 Å². The molecule has 0 aliphatic carbocycles. The van der Waals surface area contributed by atoms with Crippen molar-refractivity contribution < 1.29 is 14.6 Å². The Kier molecular flexibility index (Phi) is 4.42. The van der Waals surface area contributed by atoms with Gasteiger partial charge in [0.25, 0.3) is 0 Å². The molecule has 1 N–H and O–H groups in total. The molecule has 5 nitrogen and oxygen atoms in total. The fraction of sp³-hybridized carbons (Fsp3) is 0.500. The average Bonchev–Trinajstić information content (AvgIpc) is 3.07. The van der Waals surface area contributed by atoms with Crippen LogP contribution in [-0.4, -0.2) is 39.5 Å². The van der Waals surface area contributed by atoms with Crippen molar-refractivity contribution in [2.45, 2.75) is 37.3 Å². The van der Waals surface area contributed by atoms with Crippen LogP contribution in [0.15, 0.2) is 11.4 Å². The monoisotopic (exact) mass is 324 g/mol. The summed E-state index contributed by atoms with van der Waals surface area (Å²) in [5, 5.41) is 11.0. The molecular formula is C14H16N2O3S2. The molecule has 112 valence electrons. The molecule has 0 radical (unpaired) electrons. The van der Waals surface area contributed by atoms with Gasteiger partial charge in [0.05, 0.1) is 6.10 Å². The van der Waals surface area contributed by atoms with Crippen molar-refractivity contribution in [3.8, 4) is 0 Å². The van der Waals surface area contributed by atoms with Gasteiger partial charge >= 0.3 is 5.97 Å². The topological polar surface area (TPSA) is 72.3 Å². The van der Waals surface area contributed by atoms with Gasteiger partial charge in [-0.3, -0.25) is 0 Å². The smallest absolute Gasteiger partial charge is 0.346 e. The van der Waals surface area contributed by atoms with Crippen LogP contribution in [0.2, 0.25) is 0 Å². The molecule has 1 atom stereocenters. The van der Waals surface area contributed by atoms with Gasteiger partial charge in [0.15, 0.2) is 0 Å². The molecule has 1 saturated heterocycles. The minimum Gasteiger partial charge on any atom is -0.477 e. The molecule has 3 rings (SSSR count). The van der Waals surface area contributed by atoms with Gasteiger partial charge in [-0.1, -0.05) is 0 Å². The van der Waals surface area contributed by atoms with Crippen molar-refractivity contribution in [2.75, 3.05) is 12.4 Å². The maximum absolute atomic E-state index is 11.2. The largest absolute Gasteiger partial charge is 0.477 e. The van der Waals surface area contributed by atoms with Crippen LogP contribution in [0.4, 0.5) is 0 Å². The number of hydrogen-bond donors (Lipinski definition) is 1. The Bertz CT molecular complexity index is 666. The fourth-order valence-electron chi connectivity index (χ4n) is 2.51. The normalized spacial score (nSPS) is 18.4. The number of aromatic nitrogens is 2. The molecule has 0 aromatic carbocycles. The van der Waals surface area contributed by atoms with E-state index in [2.05, 4.69) is 9.97 Å². The first-order chi connectivity index (χ1) is 10.2. The van der Waals surface area contributed by atoms with E-state index < -0.39 is 5.97 Å². The molecule has 7 heteroatoms. The predicted molar refractivity (Wildman–Crippen MR) is 83.4 cm³/mol. The second-order valence-corrected chi connectivity index (χ2v) is 7.08. The number of nitrogens with zero attached hydrogens (tertiary/aromatic N) is 2. The number of carboxylic acids is 1. The number of ether oxygens (including phenoxy) is 1. The minimum atomic E-state index is -0.897. The number of carbonyl (C=O) groups is 1. The summed E-state index contributed by atoms with van der Waals surface area (Å²) in [5.74, 6) is 0.0277. The van der Waals surface area contributed by atoms with Crippen LogP contribution >= 0.6 is 23.1 Å². The van der Waals surface area contributed by atoms with E-state index in [-0.39, 0.29) is 0 Å². The van der Waals surface area contributed by atoms with Gasteiger partial charge in [-0.25, -0.2) is 14.8 Å². The molecule has 2 aromatic rings. The zero-order valence-corrected chi connectivity index (χ0v) is 13.3. The van der Waals surface area contributed by atoms with E-state index in [9.17, 15) is 9.90 Å². The lowest BCUT2D eigenvalue weighted by atomic mass is 10.2. The fourth-order valence-corrected chi connectivity index (χ4v) is 4.65. The lowest BCUT2D eigenvalue weighted by Gasteiger charge is -2.08. The summed E-state index contributed by atoms with van der Waals surface area (Å²) in [7, 11) is 0. The maximum atomic E-state index is 11.2. The van der Waals surface area contributed by atoms with E-state index in [1.54, 1.807) is 11.8 Å².